The number of halogens is 2. The van der Waals surface area contributed by atoms with Crippen LogP contribution in [0.25, 0.3) is 22.4 Å². The largest absolute Gasteiger partial charge is 0.464 e. The summed E-state index contributed by atoms with van der Waals surface area (Å²) in [6.07, 6.45) is 1.52. The molecule has 5 heteroatoms. The zero-order chi connectivity index (χ0) is 17.6. The van der Waals surface area contributed by atoms with E-state index in [0.29, 0.717) is 17.5 Å². The van der Waals surface area contributed by atoms with E-state index in [-0.39, 0.29) is 5.69 Å². The average molecular weight is 339 g/mol. The number of hydrogen-bond acceptors (Lipinski definition) is 2. The highest BCUT2D eigenvalue weighted by Crippen LogP contribution is 2.41. The Morgan fingerprint density at radius 2 is 1.88 bits per heavy atom. The second kappa shape index (κ2) is 5.84. The van der Waals surface area contributed by atoms with Crippen molar-refractivity contribution in [3.8, 4) is 22.4 Å². The van der Waals surface area contributed by atoms with Gasteiger partial charge in [0.25, 0.3) is 0 Å². The highest BCUT2D eigenvalue weighted by atomic mass is 19.2. The molecule has 25 heavy (non-hydrogen) atoms. The quantitative estimate of drug-likeness (QED) is 0.698. The van der Waals surface area contributed by atoms with Gasteiger partial charge in [0.15, 0.2) is 11.6 Å². The van der Waals surface area contributed by atoms with Crippen molar-refractivity contribution in [2.45, 2.75) is 12.8 Å². The normalized spacial score (nSPS) is 12.4. The number of nitrogens with one attached hydrogen (secondary N) is 1. The number of methoxy groups -OCH3 is 1. The number of carbonyl (C=O) groups is 1. The summed E-state index contributed by atoms with van der Waals surface area (Å²) >= 11 is 0. The van der Waals surface area contributed by atoms with Gasteiger partial charge in [-0.25, -0.2) is 13.6 Å². The van der Waals surface area contributed by atoms with Crippen LogP contribution in [0.3, 0.4) is 0 Å². The van der Waals surface area contributed by atoms with E-state index < -0.39 is 17.6 Å². The zero-order valence-electron chi connectivity index (χ0n) is 13.5. The fraction of sp³-hybridized carbons (Fsp3) is 0.150. The number of aromatic nitrogens is 1. The third kappa shape index (κ3) is 2.43. The Labute approximate surface area is 143 Å². The molecule has 1 aliphatic rings. The van der Waals surface area contributed by atoms with E-state index in [1.807, 2.05) is 24.3 Å². The summed E-state index contributed by atoms with van der Waals surface area (Å²) in [7, 11) is 1.30. The van der Waals surface area contributed by atoms with E-state index in [9.17, 15) is 13.6 Å². The second-order valence-corrected chi connectivity index (χ2v) is 6.01. The Morgan fingerprint density at radius 1 is 1.08 bits per heavy atom. The first-order valence-electron chi connectivity index (χ1n) is 7.97. The molecular formula is C20H15F2NO2. The number of rotatable bonds is 2. The molecule has 0 atom stereocenters. The Hall–Kier alpha value is -2.95. The summed E-state index contributed by atoms with van der Waals surface area (Å²) in [6.45, 7) is 0. The van der Waals surface area contributed by atoms with Gasteiger partial charge in [0.2, 0.25) is 0 Å². The Kier molecular flexibility index (Phi) is 3.64. The molecule has 3 nitrogen and oxygen atoms in total. The van der Waals surface area contributed by atoms with Crippen LogP contribution in [-0.2, 0) is 17.6 Å². The average Bonchev–Trinajstić information content (AvgIpc) is 3.03. The highest BCUT2D eigenvalue weighted by Gasteiger charge is 2.28. The number of H-pyrrole nitrogens is 1. The topological polar surface area (TPSA) is 42.1 Å². The number of hydrogen-bond donors (Lipinski definition) is 1. The fourth-order valence-corrected chi connectivity index (χ4v) is 3.49. The number of esters is 1. The van der Waals surface area contributed by atoms with E-state index in [4.69, 9.17) is 4.74 Å². The minimum atomic E-state index is -0.945. The molecule has 0 saturated heterocycles. The van der Waals surface area contributed by atoms with Crippen molar-refractivity contribution in [3.05, 3.63) is 70.9 Å². The molecule has 0 radical (unpaired) electrons. The zero-order valence-corrected chi connectivity index (χ0v) is 13.5. The van der Waals surface area contributed by atoms with Gasteiger partial charge >= 0.3 is 5.97 Å². The Balaban J connectivity index is 1.99. The molecule has 0 fully saturated rings. The summed E-state index contributed by atoms with van der Waals surface area (Å²) < 4.78 is 32.0. The third-order valence-electron chi connectivity index (χ3n) is 4.63. The van der Waals surface area contributed by atoms with Gasteiger partial charge in [-0.2, -0.15) is 0 Å². The number of fused-ring (bicyclic) bond motifs is 3. The van der Waals surface area contributed by atoms with Crippen LogP contribution in [-0.4, -0.2) is 18.1 Å². The Bertz CT molecular complexity index is 991. The maximum atomic E-state index is 13.8. The maximum absolute atomic E-state index is 13.8. The number of benzene rings is 2. The highest BCUT2D eigenvalue weighted by molar-refractivity contribution is 5.99. The molecule has 0 amide bonds. The van der Waals surface area contributed by atoms with Crippen LogP contribution in [0.5, 0.6) is 0 Å². The first-order valence-corrected chi connectivity index (χ1v) is 7.97. The third-order valence-corrected chi connectivity index (χ3v) is 4.63. The molecule has 1 heterocycles. The SMILES string of the molecule is COC(=O)c1[nH]c2c(c1-c1ccc(F)c(F)c1)CCc1ccccc1-2. The fourth-order valence-electron chi connectivity index (χ4n) is 3.49. The smallest absolute Gasteiger partial charge is 0.355 e. The summed E-state index contributed by atoms with van der Waals surface area (Å²) in [6, 6.07) is 11.6. The van der Waals surface area contributed by atoms with E-state index in [0.717, 1.165) is 35.4 Å². The van der Waals surface area contributed by atoms with E-state index >= 15 is 0 Å². The van der Waals surface area contributed by atoms with Gasteiger partial charge in [-0.15, -0.1) is 0 Å². The van der Waals surface area contributed by atoms with Crippen LogP contribution >= 0.6 is 0 Å². The number of aromatic amines is 1. The summed E-state index contributed by atoms with van der Waals surface area (Å²) in [5.74, 6) is -2.40. The molecule has 0 unspecified atom stereocenters. The van der Waals surface area contributed by atoms with Crippen molar-refractivity contribution in [2.24, 2.45) is 0 Å². The molecule has 4 rings (SSSR count). The van der Waals surface area contributed by atoms with Crippen molar-refractivity contribution in [2.75, 3.05) is 7.11 Å². The van der Waals surface area contributed by atoms with E-state index in [2.05, 4.69) is 4.98 Å². The predicted octanol–water partition coefficient (Wildman–Crippen LogP) is 4.51. The van der Waals surface area contributed by atoms with Crippen LogP contribution in [0.1, 0.15) is 21.6 Å². The van der Waals surface area contributed by atoms with Gasteiger partial charge in [0, 0.05) is 11.1 Å². The van der Waals surface area contributed by atoms with Crippen LogP contribution in [0, 0.1) is 11.6 Å². The molecule has 1 aliphatic carbocycles. The van der Waals surface area contributed by atoms with Crippen molar-refractivity contribution < 1.29 is 18.3 Å². The minimum Gasteiger partial charge on any atom is -0.464 e. The van der Waals surface area contributed by atoms with Gasteiger partial charge in [0.1, 0.15) is 5.69 Å². The van der Waals surface area contributed by atoms with Gasteiger partial charge in [0.05, 0.1) is 12.8 Å². The van der Waals surface area contributed by atoms with Crippen LogP contribution in [0.4, 0.5) is 8.78 Å². The summed E-state index contributed by atoms with van der Waals surface area (Å²) in [5.41, 5.74) is 5.25. The van der Waals surface area contributed by atoms with Gasteiger partial charge in [-0.3, -0.25) is 0 Å². The molecule has 0 aliphatic heterocycles. The van der Waals surface area contributed by atoms with Gasteiger partial charge in [-0.1, -0.05) is 30.3 Å². The van der Waals surface area contributed by atoms with Crippen molar-refractivity contribution in [1.29, 1.82) is 0 Å². The minimum absolute atomic E-state index is 0.259. The molecule has 0 spiro atoms. The molecule has 1 N–H and O–H groups in total. The van der Waals surface area contributed by atoms with E-state index in [1.54, 1.807) is 0 Å². The lowest BCUT2D eigenvalue weighted by molar-refractivity contribution is 0.0596. The molecule has 126 valence electrons. The van der Waals surface area contributed by atoms with Crippen LogP contribution in [0.15, 0.2) is 42.5 Å². The van der Waals surface area contributed by atoms with Gasteiger partial charge < -0.3 is 9.72 Å². The van der Waals surface area contributed by atoms with Crippen LogP contribution in [0.2, 0.25) is 0 Å². The van der Waals surface area contributed by atoms with Crippen LogP contribution < -0.4 is 0 Å². The molecular weight excluding hydrogens is 324 g/mol. The van der Waals surface area contributed by atoms with E-state index in [1.165, 1.54) is 18.7 Å². The molecule has 2 aromatic carbocycles. The molecule has 0 saturated carbocycles. The lowest BCUT2D eigenvalue weighted by Gasteiger charge is -2.17. The lowest BCUT2D eigenvalue weighted by atomic mass is 9.87. The first kappa shape index (κ1) is 15.6. The van der Waals surface area contributed by atoms with Crippen molar-refractivity contribution >= 4 is 5.97 Å². The summed E-state index contributed by atoms with van der Waals surface area (Å²) in [4.78, 5) is 15.4. The van der Waals surface area contributed by atoms with Crippen molar-refractivity contribution in [1.82, 2.24) is 4.98 Å². The molecule has 0 bridgehead atoms. The summed E-state index contributed by atoms with van der Waals surface area (Å²) in [5, 5.41) is 0. The number of carbonyl (C=O) groups excluding carboxylic acids is 1. The molecule has 1 aromatic heterocycles. The lowest BCUT2D eigenvalue weighted by Crippen LogP contribution is -2.04. The van der Waals surface area contributed by atoms with Crippen molar-refractivity contribution in [3.63, 3.8) is 0 Å². The number of aryl methyl sites for hydroxylation is 1. The maximum Gasteiger partial charge on any atom is 0.355 e. The second-order valence-electron chi connectivity index (χ2n) is 6.01. The Morgan fingerprint density at radius 3 is 2.64 bits per heavy atom. The standard InChI is InChI=1S/C20H15F2NO2/c1-25-20(24)19-17(12-7-9-15(21)16(22)10-12)14-8-6-11-4-2-3-5-13(11)18(14)23-19/h2-5,7,9-10,23H,6,8H2,1H3. The molecule has 3 aromatic rings. The first-order chi connectivity index (χ1) is 12.1. The monoisotopic (exact) mass is 339 g/mol. The van der Waals surface area contributed by atoms with Gasteiger partial charge in [-0.05, 0) is 41.7 Å². The predicted molar refractivity (Wildman–Crippen MR) is 90.3 cm³/mol. The number of ether oxygens (including phenoxy) is 1.